The topological polar surface area (TPSA) is 58.4 Å². The van der Waals surface area contributed by atoms with Crippen LogP contribution < -0.4 is 11.1 Å². The Hall–Kier alpha value is -0.910. The van der Waals surface area contributed by atoms with E-state index < -0.39 is 0 Å². The van der Waals surface area contributed by atoms with Crippen LogP contribution in [0.4, 0.5) is 0 Å². The third-order valence-electron chi connectivity index (χ3n) is 6.03. The van der Waals surface area contributed by atoms with Crippen molar-refractivity contribution in [3.8, 4) is 0 Å². The van der Waals surface area contributed by atoms with Gasteiger partial charge in [0.1, 0.15) is 0 Å². The predicted octanol–water partition coefficient (Wildman–Crippen LogP) is 3.38. The van der Waals surface area contributed by atoms with E-state index >= 15 is 0 Å². The maximum Gasteiger partial charge on any atom is 0.220 e. The summed E-state index contributed by atoms with van der Waals surface area (Å²) in [5, 5.41) is 5.37. The van der Waals surface area contributed by atoms with Crippen LogP contribution in [0.25, 0.3) is 0 Å². The lowest BCUT2D eigenvalue weighted by molar-refractivity contribution is -0.124. The molecule has 1 amide bonds. The number of carbonyl (C=O) groups is 1. The number of nitrogens with two attached hydrogens (primary N) is 1. The van der Waals surface area contributed by atoms with E-state index in [1.54, 1.807) is 0 Å². The third kappa shape index (κ3) is 5.53. The van der Waals surface area contributed by atoms with Crippen LogP contribution in [0, 0.1) is 11.3 Å². The Kier molecular flexibility index (Phi) is 6.91. The standard InChI is InChI=1S/C20H33N3OS/c21-16-20(8-2-1-3-9-20)12-19(24)22-13-17-6-4-10-23(14-17)15-18-7-5-11-25-18/h5,7,11,17H,1-4,6,8-10,12-16,21H2,(H,22,24). The van der Waals surface area contributed by atoms with E-state index in [9.17, 15) is 4.79 Å². The average molecular weight is 364 g/mol. The number of carbonyl (C=O) groups excluding carboxylic acids is 1. The van der Waals surface area contributed by atoms with Gasteiger partial charge in [0, 0.05) is 30.9 Å². The van der Waals surface area contributed by atoms with Crippen molar-refractivity contribution in [3.05, 3.63) is 22.4 Å². The van der Waals surface area contributed by atoms with Gasteiger partial charge in [-0.05, 0) is 61.6 Å². The highest BCUT2D eigenvalue weighted by molar-refractivity contribution is 7.09. The Bertz CT molecular complexity index is 525. The van der Waals surface area contributed by atoms with E-state index in [4.69, 9.17) is 5.73 Å². The molecule has 5 heteroatoms. The highest BCUT2D eigenvalue weighted by Gasteiger charge is 2.33. The van der Waals surface area contributed by atoms with Crippen LogP contribution in [0.2, 0.25) is 0 Å². The van der Waals surface area contributed by atoms with Gasteiger partial charge >= 0.3 is 0 Å². The highest BCUT2D eigenvalue weighted by atomic mass is 32.1. The van der Waals surface area contributed by atoms with Gasteiger partial charge in [-0.1, -0.05) is 25.3 Å². The number of rotatable bonds is 7. The number of nitrogens with zero attached hydrogens (tertiary/aromatic N) is 1. The Morgan fingerprint density at radius 2 is 2.16 bits per heavy atom. The maximum absolute atomic E-state index is 12.5. The number of piperidine rings is 1. The van der Waals surface area contributed by atoms with Crippen LogP contribution in [0.1, 0.15) is 56.2 Å². The smallest absolute Gasteiger partial charge is 0.220 e. The quantitative estimate of drug-likeness (QED) is 0.781. The molecule has 140 valence electrons. The molecule has 1 saturated carbocycles. The van der Waals surface area contributed by atoms with E-state index in [-0.39, 0.29) is 11.3 Å². The SMILES string of the molecule is NCC1(CC(=O)NCC2CCCN(Cc3cccs3)C2)CCCCC1. The molecule has 2 fully saturated rings. The molecule has 25 heavy (non-hydrogen) atoms. The van der Waals surface area contributed by atoms with Crippen molar-refractivity contribution in [2.24, 2.45) is 17.1 Å². The van der Waals surface area contributed by atoms with E-state index in [0.29, 0.717) is 18.9 Å². The summed E-state index contributed by atoms with van der Waals surface area (Å²) >= 11 is 1.83. The monoisotopic (exact) mass is 363 g/mol. The second kappa shape index (κ2) is 9.15. The summed E-state index contributed by atoms with van der Waals surface area (Å²) in [7, 11) is 0. The number of likely N-dealkylation sites (tertiary alicyclic amines) is 1. The number of thiophene rings is 1. The summed E-state index contributed by atoms with van der Waals surface area (Å²) in [5.41, 5.74) is 6.09. The van der Waals surface area contributed by atoms with E-state index in [1.165, 1.54) is 43.5 Å². The van der Waals surface area contributed by atoms with Gasteiger partial charge in [-0.2, -0.15) is 0 Å². The molecule has 2 heterocycles. The van der Waals surface area contributed by atoms with Gasteiger partial charge in [0.25, 0.3) is 0 Å². The fraction of sp³-hybridized carbons (Fsp3) is 0.750. The first-order chi connectivity index (χ1) is 12.2. The summed E-state index contributed by atoms with van der Waals surface area (Å²) in [6, 6.07) is 4.34. The van der Waals surface area contributed by atoms with Gasteiger partial charge in [0.05, 0.1) is 0 Å². The predicted molar refractivity (Wildman–Crippen MR) is 105 cm³/mol. The second-order valence-electron chi connectivity index (χ2n) is 8.07. The molecule has 1 aromatic rings. The molecule has 0 radical (unpaired) electrons. The van der Waals surface area contributed by atoms with Gasteiger partial charge in [-0.15, -0.1) is 11.3 Å². The van der Waals surface area contributed by atoms with Crippen molar-refractivity contribution in [2.45, 2.75) is 57.9 Å². The number of amides is 1. The molecule has 2 aliphatic rings. The fourth-order valence-electron chi connectivity index (χ4n) is 4.50. The normalized spacial score (nSPS) is 24.1. The van der Waals surface area contributed by atoms with Crippen molar-refractivity contribution >= 4 is 17.2 Å². The van der Waals surface area contributed by atoms with E-state index in [1.807, 2.05) is 11.3 Å². The maximum atomic E-state index is 12.5. The van der Waals surface area contributed by atoms with Crippen molar-refractivity contribution in [1.29, 1.82) is 0 Å². The lowest BCUT2D eigenvalue weighted by Crippen LogP contribution is -2.43. The zero-order valence-corrected chi connectivity index (χ0v) is 16.2. The molecule has 0 spiro atoms. The van der Waals surface area contributed by atoms with Crippen LogP contribution in [0.3, 0.4) is 0 Å². The molecule has 1 saturated heterocycles. The van der Waals surface area contributed by atoms with Crippen LogP contribution in [-0.2, 0) is 11.3 Å². The van der Waals surface area contributed by atoms with E-state index in [0.717, 1.165) is 32.5 Å². The van der Waals surface area contributed by atoms with Crippen LogP contribution in [0.5, 0.6) is 0 Å². The fourth-order valence-corrected chi connectivity index (χ4v) is 5.25. The minimum atomic E-state index is 0.0695. The largest absolute Gasteiger partial charge is 0.356 e. The van der Waals surface area contributed by atoms with Crippen molar-refractivity contribution in [3.63, 3.8) is 0 Å². The van der Waals surface area contributed by atoms with Crippen molar-refractivity contribution in [1.82, 2.24) is 10.2 Å². The van der Waals surface area contributed by atoms with Gasteiger partial charge in [0.15, 0.2) is 0 Å². The molecule has 1 aliphatic carbocycles. The zero-order chi connectivity index (χ0) is 17.5. The lowest BCUT2D eigenvalue weighted by Gasteiger charge is -2.36. The van der Waals surface area contributed by atoms with Crippen LogP contribution in [0.15, 0.2) is 17.5 Å². The number of hydrogen-bond acceptors (Lipinski definition) is 4. The first-order valence-electron chi connectivity index (χ1n) is 9.91. The molecule has 0 bridgehead atoms. The van der Waals surface area contributed by atoms with Crippen LogP contribution in [-0.4, -0.2) is 37.0 Å². The summed E-state index contributed by atoms with van der Waals surface area (Å²) in [4.78, 5) is 16.5. The molecule has 0 aromatic carbocycles. The first kappa shape index (κ1) is 18.9. The Morgan fingerprint density at radius 1 is 1.32 bits per heavy atom. The summed E-state index contributed by atoms with van der Waals surface area (Å²) < 4.78 is 0. The van der Waals surface area contributed by atoms with Gasteiger partial charge in [-0.3, -0.25) is 9.69 Å². The Balaban J connectivity index is 1.42. The summed E-state index contributed by atoms with van der Waals surface area (Å²) in [6.45, 7) is 4.80. The Labute approximate surface area is 156 Å². The lowest BCUT2D eigenvalue weighted by atomic mass is 9.71. The number of hydrogen-bond donors (Lipinski definition) is 2. The number of nitrogens with one attached hydrogen (secondary N) is 1. The minimum Gasteiger partial charge on any atom is -0.356 e. The zero-order valence-electron chi connectivity index (χ0n) is 15.3. The van der Waals surface area contributed by atoms with Gasteiger partial charge < -0.3 is 11.1 Å². The first-order valence-corrected chi connectivity index (χ1v) is 10.8. The molecular formula is C20H33N3OS. The molecule has 3 rings (SSSR count). The van der Waals surface area contributed by atoms with Gasteiger partial charge in [-0.25, -0.2) is 0 Å². The molecule has 1 aromatic heterocycles. The third-order valence-corrected chi connectivity index (χ3v) is 6.89. The summed E-state index contributed by atoms with van der Waals surface area (Å²) in [6.07, 6.45) is 9.07. The molecule has 3 N–H and O–H groups in total. The molecule has 4 nitrogen and oxygen atoms in total. The van der Waals surface area contributed by atoms with Crippen molar-refractivity contribution in [2.75, 3.05) is 26.2 Å². The van der Waals surface area contributed by atoms with Gasteiger partial charge in [0.2, 0.25) is 5.91 Å². The highest BCUT2D eigenvalue weighted by Crippen LogP contribution is 2.38. The second-order valence-corrected chi connectivity index (χ2v) is 9.10. The minimum absolute atomic E-state index is 0.0695. The molecule has 1 atom stereocenters. The summed E-state index contributed by atoms with van der Waals surface area (Å²) in [5.74, 6) is 0.792. The van der Waals surface area contributed by atoms with E-state index in [2.05, 4.69) is 27.7 Å². The van der Waals surface area contributed by atoms with Crippen molar-refractivity contribution < 1.29 is 4.79 Å². The molecular weight excluding hydrogens is 330 g/mol. The molecule has 1 unspecified atom stereocenters. The van der Waals surface area contributed by atoms with Crippen LogP contribution >= 0.6 is 11.3 Å². The average Bonchev–Trinajstić information content (AvgIpc) is 3.14. The Morgan fingerprint density at radius 3 is 2.88 bits per heavy atom. The molecule has 1 aliphatic heterocycles.